The molecule has 0 aliphatic rings. The summed E-state index contributed by atoms with van der Waals surface area (Å²) in [4.78, 5) is 25.1. The second-order valence-corrected chi connectivity index (χ2v) is 10.8. The maximum atomic E-state index is 13.8. The first-order chi connectivity index (χ1) is 19.1. The number of aromatic nitrogens is 4. The topological polar surface area (TPSA) is 159 Å². The smallest absolute Gasteiger partial charge is 0.459 e. The minimum absolute atomic E-state index is 0.197. The molecular weight excluding hydrogens is 546 g/mol. The lowest BCUT2D eigenvalue weighted by Gasteiger charge is -2.29. The van der Waals surface area contributed by atoms with Crippen LogP contribution in [0.25, 0.3) is 11.2 Å². The van der Waals surface area contributed by atoms with Crippen LogP contribution in [0.5, 0.6) is 5.75 Å². The summed E-state index contributed by atoms with van der Waals surface area (Å²) >= 11 is 0. The number of esters is 1. The number of fused-ring (bicyclic) bond motifs is 1. The predicted octanol–water partition coefficient (Wildman–Crippen LogP) is 3.63. The van der Waals surface area contributed by atoms with Crippen molar-refractivity contribution in [3.63, 3.8) is 0 Å². The second kappa shape index (κ2) is 14.5. The van der Waals surface area contributed by atoms with Gasteiger partial charge in [-0.05, 0) is 39.3 Å². The van der Waals surface area contributed by atoms with Gasteiger partial charge in [-0.25, -0.2) is 23.9 Å². The standard InChI is InChI=1S/C25H36FN6O7P/c1-6-21(32-15-30-22-23(27-5)28-14-29-24(22)32)38-20(19(33)12-26)13-36-40(35,39-18-10-8-7-9-11-18)31-17(4)25(34)37-16(2)3/h7-11,14-17,19-21,33H,6,12-13H2,1-5H3,(H,31,35)(H,27,28,29)/t17?,19-,20+,21+,40+/m0/s1. The van der Waals surface area contributed by atoms with Crippen LogP contribution < -0.4 is 14.9 Å². The average molecular weight is 583 g/mol. The summed E-state index contributed by atoms with van der Waals surface area (Å²) in [7, 11) is -2.57. The largest absolute Gasteiger partial charge is 0.462 e. The van der Waals surface area contributed by atoms with E-state index in [1.165, 1.54) is 19.6 Å². The van der Waals surface area contributed by atoms with Gasteiger partial charge in [-0.1, -0.05) is 25.1 Å². The summed E-state index contributed by atoms with van der Waals surface area (Å²) in [5, 5.41) is 15.9. The first-order valence-electron chi connectivity index (χ1n) is 12.8. The number of nitrogens with one attached hydrogen (secondary N) is 2. The molecular formula is C25H36FN6O7P. The first-order valence-corrected chi connectivity index (χ1v) is 14.4. The number of nitrogens with zero attached hydrogens (tertiary/aromatic N) is 4. The van der Waals surface area contributed by atoms with E-state index in [1.807, 2.05) is 6.92 Å². The molecule has 0 aliphatic carbocycles. The maximum Gasteiger partial charge on any atom is 0.459 e. The van der Waals surface area contributed by atoms with Crippen molar-refractivity contribution < 1.29 is 37.4 Å². The SMILES string of the molecule is CC[C@@H](O[C@H](CO[P@](=O)(NC(C)C(=O)OC(C)C)Oc1ccccc1)[C@@H](O)CF)n1cnc2c(NC)ncnc21. The summed E-state index contributed by atoms with van der Waals surface area (Å²) in [6, 6.07) is 7.10. The van der Waals surface area contributed by atoms with E-state index in [-0.39, 0.29) is 5.75 Å². The zero-order valence-corrected chi connectivity index (χ0v) is 24.0. The lowest BCUT2D eigenvalue weighted by Crippen LogP contribution is -2.39. The van der Waals surface area contributed by atoms with Crippen LogP contribution >= 0.6 is 7.75 Å². The number of ether oxygens (including phenoxy) is 2. The Hall–Kier alpha value is -3.16. The van der Waals surface area contributed by atoms with Crippen molar-refractivity contribution in [2.75, 3.05) is 25.6 Å². The highest BCUT2D eigenvalue weighted by atomic mass is 31.2. The summed E-state index contributed by atoms with van der Waals surface area (Å²) in [6.07, 6.45) is -0.809. The molecule has 3 aromatic rings. The quantitative estimate of drug-likeness (QED) is 0.167. The lowest BCUT2D eigenvalue weighted by molar-refractivity contribution is -0.149. The molecule has 3 N–H and O–H groups in total. The number of hydrogen-bond acceptors (Lipinski definition) is 11. The van der Waals surface area contributed by atoms with Crippen molar-refractivity contribution in [1.82, 2.24) is 24.6 Å². The number of hydrogen-bond donors (Lipinski definition) is 3. The fraction of sp³-hybridized carbons (Fsp3) is 0.520. The zero-order chi connectivity index (χ0) is 29.3. The van der Waals surface area contributed by atoms with E-state index in [9.17, 15) is 18.9 Å². The first kappa shape index (κ1) is 31.4. The Morgan fingerprint density at radius 3 is 2.52 bits per heavy atom. The van der Waals surface area contributed by atoms with Crippen molar-refractivity contribution in [2.24, 2.45) is 0 Å². The van der Waals surface area contributed by atoms with Gasteiger partial charge in [0, 0.05) is 7.05 Å². The zero-order valence-electron chi connectivity index (χ0n) is 23.1. The number of carbonyl (C=O) groups excluding carboxylic acids is 1. The van der Waals surface area contributed by atoms with Crippen LogP contribution in [0.3, 0.4) is 0 Å². The van der Waals surface area contributed by atoms with Crippen LogP contribution in [0.4, 0.5) is 10.2 Å². The predicted molar refractivity (Wildman–Crippen MR) is 146 cm³/mol. The van der Waals surface area contributed by atoms with Gasteiger partial charge in [-0.2, -0.15) is 5.09 Å². The molecule has 1 aromatic carbocycles. The average Bonchev–Trinajstić information content (AvgIpc) is 3.37. The number of aliphatic hydroxyl groups is 1. The molecule has 2 aromatic heterocycles. The van der Waals surface area contributed by atoms with Crippen molar-refractivity contribution in [3.05, 3.63) is 43.0 Å². The number of benzene rings is 1. The van der Waals surface area contributed by atoms with E-state index in [1.54, 1.807) is 55.8 Å². The summed E-state index contributed by atoms with van der Waals surface area (Å²) < 4.78 is 51.6. The van der Waals surface area contributed by atoms with Crippen molar-refractivity contribution in [2.45, 2.75) is 64.7 Å². The molecule has 5 atom stereocenters. The van der Waals surface area contributed by atoms with Gasteiger partial charge >= 0.3 is 13.7 Å². The number of rotatable bonds is 16. The highest BCUT2D eigenvalue weighted by molar-refractivity contribution is 7.52. The molecule has 0 saturated carbocycles. The molecule has 15 heteroatoms. The number of imidazole rings is 1. The van der Waals surface area contributed by atoms with Crippen LogP contribution in [-0.2, 0) is 23.4 Å². The van der Waals surface area contributed by atoms with Gasteiger partial charge in [-0.15, -0.1) is 0 Å². The fourth-order valence-corrected chi connectivity index (χ4v) is 5.15. The Morgan fingerprint density at radius 2 is 1.90 bits per heavy atom. The molecule has 40 heavy (non-hydrogen) atoms. The molecule has 0 amide bonds. The Kier molecular flexibility index (Phi) is 11.3. The minimum Gasteiger partial charge on any atom is -0.462 e. The highest BCUT2D eigenvalue weighted by Gasteiger charge is 2.35. The summed E-state index contributed by atoms with van der Waals surface area (Å²) in [5.74, 6) is 0.0353. The van der Waals surface area contributed by atoms with Gasteiger partial charge in [-0.3, -0.25) is 13.9 Å². The molecule has 0 radical (unpaired) electrons. The molecule has 0 spiro atoms. The van der Waals surface area contributed by atoms with Gasteiger partial charge in [0.15, 0.2) is 11.5 Å². The molecule has 13 nitrogen and oxygen atoms in total. The van der Waals surface area contributed by atoms with E-state index in [4.69, 9.17) is 18.5 Å². The third-order valence-electron chi connectivity index (χ3n) is 5.61. The van der Waals surface area contributed by atoms with E-state index < -0.39 is 57.6 Å². The molecule has 0 saturated heterocycles. The highest BCUT2D eigenvalue weighted by Crippen LogP contribution is 2.45. The second-order valence-electron chi connectivity index (χ2n) is 9.09. The van der Waals surface area contributed by atoms with Gasteiger partial charge < -0.3 is 24.4 Å². The van der Waals surface area contributed by atoms with E-state index >= 15 is 0 Å². The Labute approximate surface area is 232 Å². The van der Waals surface area contributed by atoms with E-state index in [2.05, 4.69) is 25.4 Å². The van der Waals surface area contributed by atoms with E-state index in [0.717, 1.165) is 0 Å². The monoisotopic (exact) mass is 582 g/mol. The van der Waals surface area contributed by atoms with Gasteiger partial charge in [0.05, 0.1) is 19.0 Å². The molecule has 2 heterocycles. The minimum atomic E-state index is -4.27. The molecule has 0 fully saturated rings. The Bertz CT molecular complexity index is 1280. The maximum absolute atomic E-state index is 13.8. The van der Waals surface area contributed by atoms with Crippen molar-refractivity contribution in [3.8, 4) is 5.75 Å². The Morgan fingerprint density at radius 1 is 1.18 bits per heavy atom. The Balaban J connectivity index is 1.83. The van der Waals surface area contributed by atoms with Gasteiger partial charge in [0.25, 0.3) is 0 Å². The third-order valence-corrected chi connectivity index (χ3v) is 7.25. The van der Waals surface area contributed by atoms with Crippen LogP contribution in [0.2, 0.25) is 0 Å². The molecule has 3 rings (SSSR count). The van der Waals surface area contributed by atoms with E-state index in [0.29, 0.717) is 23.4 Å². The third kappa shape index (κ3) is 8.18. The van der Waals surface area contributed by atoms with Gasteiger partial charge in [0.2, 0.25) is 0 Å². The molecule has 0 bridgehead atoms. The van der Waals surface area contributed by atoms with Crippen molar-refractivity contribution >= 4 is 30.7 Å². The lowest BCUT2D eigenvalue weighted by atomic mass is 10.2. The normalized spacial score (nSPS) is 16.2. The van der Waals surface area contributed by atoms with Crippen LogP contribution in [0.1, 0.15) is 40.3 Å². The van der Waals surface area contributed by atoms with Crippen LogP contribution in [-0.4, -0.2) is 75.3 Å². The number of carbonyl (C=O) groups is 1. The summed E-state index contributed by atoms with van der Waals surface area (Å²) in [5.41, 5.74) is 0.955. The number of halogens is 1. The number of para-hydroxylation sites is 1. The molecule has 1 unspecified atom stereocenters. The van der Waals surface area contributed by atoms with Crippen LogP contribution in [0, 0.1) is 0 Å². The number of anilines is 1. The molecule has 0 aliphatic heterocycles. The van der Waals surface area contributed by atoms with Gasteiger partial charge in [0.1, 0.15) is 48.7 Å². The van der Waals surface area contributed by atoms with Crippen LogP contribution in [0.15, 0.2) is 43.0 Å². The summed E-state index contributed by atoms with van der Waals surface area (Å²) in [6.45, 7) is 4.92. The van der Waals surface area contributed by atoms with Crippen molar-refractivity contribution in [1.29, 1.82) is 0 Å². The number of alkyl halides is 1. The number of aliphatic hydroxyl groups excluding tert-OH is 1. The fourth-order valence-electron chi connectivity index (χ4n) is 3.65. The molecule has 220 valence electrons.